The Hall–Kier alpha value is -2.81. The lowest BCUT2D eigenvalue weighted by Crippen LogP contribution is -2.58. The summed E-state index contributed by atoms with van der Waals surface area (Å²) in [6.07, 6.45) is -2.27. The van der Waals surface area contributed by atoms with E-state index in [9.17, 15) is 14.7 Å². The molecule has 0 aliphatic carbocycles. The van der Waals surface area contributed by atoms with Crippen molar-refractivity contribution >= 4 is 29.5 Å². The van der Waals surface area contributed by atoms with Crippen molar-refractivity contribution in [3.8, 4) is 0 Å². The Bertz CT molecular complexity index is 818. The second kappa shape index (κ2) is 9.55. The topological polar surface area (TPSA) is 101 Å². The number of ether oxygens (including phenoxy) is 1. The highest BCUT2D eigenvalue weighted by molar-refractivity contribution is 6.02. The Morgan fingerprint density at radius 1 is 1.10 bits per heavy atom. The van der Waals surface area contributed by atoms with Crippen LogP contribution in [0.4, 0.5) is 21.0 Å². The highest BCUT2D eigenvalue weighted by Gasteiger charge is 2.35. The lowest BCUT2D eigenvalue weighted by molar-refractivity contribution is -0.248. The van der Waals surface area contributed by atoms with Gasteiger partial charge in [-0.3, -0.25) is 0 Å². The van der Waals surface area contributed by atoms with Crippen LogP contribution in [0.2, 0.25) is 0 Å². The Morgan fingerprint density at radius 2 is 1.71 bits per heavy atom. The molecule has 0 bridgehead atoms. The summed E-state index contributed by atoms with van der Waals surface area (Å²) in [7, 11) is 2.09. The smallest absolute Gasteiger partial charge is 0.417 e. The molecule has 172 valence electrons. The third-order valence-corrected chi connectivity index (χ3v) is 4.61. The van der Waals surface area contributed by atoms with Crippen molar-refractivity contribution < 1.29 is 19.4 Å². The molecule has 1 aliphatic heterocycles. The lowest BCUT2D eigenvalue weighted by atomic mass is 10.1. The number of amides is 2. The minimum Gasteiger partial charge on any atom is -0.530 e. The van der Waals surface area contributed by atoms with E-state index < -0.39 is 23.3 Å². The van der Waals surface area contributed by atoms with Gasteiger partial charge in [0.25, 0.3) is 0 Å². The number of piperazine rings is 1. The Balaban J connectivity index is 2.42. The molecule has 1 aliphatic rings. The number of carboxylic acid groups (broad SMARTS) is 1. The van der Waals surface area contributed by atoms with Crippen molar-refractivity contribution in [3.63, 3.8) is 0 Å². The number of anilines is 1. The van der Waals surface area contributed by atoms with Crippen LogP contribution in [0, 0.1) is 0 Å². The van der Waals surface area contributed by atoms with Crippen molar-refractivity contribution in [3.05, 3.63) is 24.3 Å². The number of nitrogens with one attached hydrogen (secondary N) is 1. The summed E-state index contributed by atoms with van der Waals surface area (Å²) >= 11 is 0. The molecule has 2 amide bonds. The van der Waals surface area contributed by atoms with Crippen LogP contribution in [-0.2, 0) is 4.74 Å². The van der Waals surface area contributed by atoms with E-state index in [1.807, 2.05) is 18.2 Å². The fourth-order valence-corrected chi connectivity index (χ4v) is 3.16. The van der Waals surface area contributed by atoms with Crippen molar-refractivity contribution in [2.45, 2.75) is 52.7 Å². The molecule has 1 heterocycles. The number of guanidine groups is 1. The van der Waals surface area contributed by atoms with E-state index in [0.29, 0.717) is 5.69 Å². The summed E-state index contributed by atoms with van der Waals surface area (Å²) in [5, 5.41) is 13.6. The number of carbonyl (C=O) groups is 2. The quantitative estimate of drug-likeness (QED) is 0.569. The molecule has 0 unspecified atom stereocenters. The summed E-state index contributed by atoms with van der Waals surface area (Å²) in [6, 6.07) is 7.48. The van der Waals surface area contributed by atoms with Crippen LogP contribution in [0.5, 0.6) is 0 Å². The number of rotatable bonds is 2. The van der Waals surface area contributed by atoms with E-state index in [2.05, 4.69) is 27.2 Å². The maximum Gasteiger partial charge on any atom is 0.417 e. The molecule has 1 aromatic rings. The van der Waals surface area contributed by atoms with Gasteiger partial charge in [-0.05, 0) is 66.8 Å². The predicted molar refractivity (Wildman–Crippen MR) is 120 cm³/mol. The summed E-state index contributed by atoms with van der Waals surface area (Å²) in [6.45, 7) is 14.2. The van der Waals surface area contributed by atoms with Crippen LogP contribution in [0.1, 0.15) is 41.5 Å². The van der Waals surface area contributed by atoms with E-state index in [1.54, 1.807) is 47.6 Å². The molecular formula is C22H34N5O4-. The van der Waals surface area contributed by atoms with Crippen LogP contribution >= 0.6 is 0 Å². The summed E-state index contributed by atoms with van der Waals surface area (Å²) in [4.78, 5) is 34.5. The molecule has 0 aromatic heterocycles. The molecule has 0 atom stereocenters. The van der Waals surface area contributed by atoms with Gasteiger partial charge in [0, 0.05) is 37.4 Å². The molecule has 2 rings (SSSR count). The SMILES string of the molecule is CN1CCN(c2cccc(N=C(NC(=O)[O-])N(C(=O)OC(C)(C)C)C(C)(C)C)c2)CC1. The summed E-state index contributed by atoms with van der Waals surface area (Å²) in [5.41, 5.74) is -0.0626. The molecule has 1 N–H and O–H groups in total. The first-order chi connectivity index (χ1) is 14.3. The first-order valence-electron chi connectivity index (χ1n) is 10.4. The Morgan fingerprint density at radius 3 is 2.23 bits per heavy atom. The molecule has 1 aromatic carbocycles. The average molecular weight is 433 g/mol. The molecule has 31 heavy (non-hydrogen) atoms. The lowest BCUT2D eigenvalue weighted by Gasteiger charge is -2.37. The number of likely N-dealkylation sites (N-methyl/N-ethyl adjacent to an activating group) is 1. The van der Waals surface area contributed by atoms with Gasteiger partial charge in [0.1, 0.15) is 11.7 Å². The molecule has 1 saturated heterocycles. The van der Waals surface area contributed by atoms with Gasteiger partial charge in [-0.25, -0.2) is 14.7 Å². The van der Waals surface area contributed by atoms with Crippen LogP contribution < -0.4 is 15.3 Å². The minimum atomic E-state index is -1.56. The first-order valence-corrected chi connectivity index (χ1v) is 10.4. The van der Waals surface area contributed by atoms with Crippen LogP contribution in [0.15, 0.2) is 29.3 Å². The van der Waals surface area contributed by atoms with Gasteiger partial charge in [-0.1, -0.05) is 6.07 Å². The molecule has 1 fully saturated rings. The normalized spacial score (nSPS) is 16.1. The van der Waals surface area contributed by atoms with Crippen LogP contribution in [0.25, 0.3) is 0 Å². The standard InChI is InChI=1S/C22H35N5O4/c1-21(2,3)27(20(30)31-22(4,5)6)18(24-19(28)29)23-16-9-8-10-17(15-16)26-13-11-25(7)12-14-26/h8-10,15H,11-14H2,1-7H3,(H,23,24)(H,28,29)/p-1. The zero-order chi connectivity index (χ0) is 23.4. The van der Waals surface area contributed by atoms with E-state index in [4.69, 9.17) is 4.74 Å². The minimum absolute atomic E-state index is 0.169. The molecule has 0 spiro atoms. The zero-order valence-electron chi connectivity index (χ0n) is 19.6. The van der Waals surface area contributed by atoms with Crippen molar-refractivity contribution in [2.24, 2.45) is 4.99 Å². The monoisotopic (exact) mass is 432 g/mol. The van der Waals surface area contributed by atoms with E-state index in [1.165, 1.54) is 4.90 Å². The third kappa shape index (κ3) is 7.43. The van der Waals surface area contributed by atoms with Crippen molar-refractivity contribution in [1.29, 1.82) is 0 Å². The Labute approximate surface area is 184 Å². The summed E-state index contributed by atoms with van der Waals surface area (Å²) in [5.74, 6) is -0.169. The fraction of sp³-hybridized carbons (Fsp3) is 0.591. The number of nitrogens with zero attached hydrogens (tertiary/aromatic N) is 4. The van der Waals surface area contributed by atoms with Gasteiger partial charge in [-0.2, -0.15) is 0 Å². The molecule has 0 radical (unpaired) electrons. The average Bonchev–Trinajstić information content (AvgIpc) is 2.59. The van der Waals surface area contributed by atoms with Gasteiger partial charge in [0.15, 0.2) is 0 Å². The molecular weight excluding hydrogens is 398 g/mol. The van der Waals surface area contributed by atoms with Gasteiger partial charge >= 0.3 is 6.09 Å². The molecule has 0 saturated carbocycles. The molecule has 9 nitrogen and oxygen atoms in total. The van der Waals surface area contributed by atoms with E-state index >= 15 is 0 Å². The number of hydrogen-bond donors (Lipinski definition) is 1. The van der Waals surface area contributed by atoms with Gasteiger partial charge < -0.3 is 29.8 Å². The van der Waals surface area contributed by atoms with Gasteiger partial charge in [-0.15, -0.1) is 0 Å². The number of hydrogen-bond acceptors (Lipinski definition) is 7. The van der Waals surface area contributed by atoms with E-state index in [0.717, 1.165) is 31.9 Å². The van der Waals surface area contributed by atoms with Gasteiger partial charge in [0.2, 0.25) is 5.96 Å². The van der Waals surface area contributed by atoms with Crippen LogP contribution in [0.3, 0.4) is 0 Å². The second-order valence-corrected chi connectivity index (χ2v) is 9.64. The van der Waals surface area contributed by atoms with Crippen molar-refractivity contribution in [2.75, 3.05) is 38.1 Å². The van der Waals surface area contributed by atoms with E-state index in [-0.39, 0.29) is 5.96 Å². The largest absolute Gasteiger partial charge is 0.530 e. The maximum atomic E-state index is 12.9. The molecule has 9 heteroatoms. The first kappa shape index (κ1) is 24.5. The predicted octanol–water partition coefficient (Wildman–Crippen LogP) is 2.39. The number of aliphatic imine (C=N–C) groups is 1. The fourth-order valence-electron chi connectivity index (χ4n) is 3.16. The third-order valence-electron chi connectivity index (χ3n) is 4.61. The van der Waals surface area contributed by atoms with Crippen molar-refractivity contribution in [1.82, 2.24) is 15.1 Å². The highest BCUT2D eigenvalue weighted by atomic mass is 16.6. The zero-order valence-corrected chi connectivity index (χ0v) is 19.6. The summed E-state index contributed by atoms with van der Waals surface area (Å²) < 4.78 is 5.50. The highest BCUT2D eigenvalue weighted by Crippen LogP contribution is 2.25. The Kier molecular flexibility index (Phi) is 7.54. The maximum absolute atomic E-state index is 12.9. The number of benzene rings is 1. The number of carbonyl (C=O) groups excluding carboxylic acids is 2. The van der Waals surface area contributed by atoms with Crippen LogP contribution in [-0.4, -0.2) is 72.3 Å². The second-order valence-electron chi connectivity index (χ2n) is 9.64. The van der Waals surface area contributed by atoms with Gasteiger partial charge in [0.05, 0.1) is 5.69 Å².